The molecule has 2 rings (SSSR count). The minimum absolute atomic E-state index is 0.117. The van der Waals surface area contributed by atoms with Gasteiger partial charge in [0.15, 0.2) is 0 Å². The van der Waals surface area contributed by atoms with Crippen LogP contribution in [0.25, 0.3) is 0 Å². The second kappa shape index (κ2) is 5.87. The van der Waals surface area contributed by atoms with Gasteiger partial charge in [-0.25, -0.2) is 0 Å². The second-order valence-electron chi connectivity index (χ2n) is 4.66. The van der Waals surface area contributed by atoms with Crippen molar-refractivity contribution < 1.29 is 14.6 Å². The number of aliphatic hydroxyl groups is 1. The molecule has 0 aliphatic heterocycles. The molecule has 1 fully saturated rings. The van der Waals surface area contributed by atoms with Crippen LogP contribution in [0.3, 0.4) is 0 Å². The van der Waals surface area contributed by atoms with Gasteiger partial charge < -0.3 is 15.2 Å². The van der Waals surface area contributed by atoms with Gasteiger partial charge in [0.1, 0.15) is 5.75 Å². The van der Waals surface area contributed by atoms with Crippen LogP contribution in [0.5, 0.6) is 5.75 Å². The molecule has 1 aliphatic rings. The largest absolute Gasteiger partial charge is 0.497 e. The molecule has 98 valence electrons. The van der Waals surface area contributed by atoms with Crippen LogP contribution in [-0.2, 0) is 0 Å². The summed E-state index contributed by atoms with van der Waals surface area (Å²) in [7, 11) is 1.59. The molecule has 0 spiro atoms. The first-order valence-corrected chi connectivity index (χ1v) is 6.33. The Labute approximate surface area is 107 Å². The molecule has 0 bridgehead atoms. The van der Waals surface area contributed by atoms with E-state index in [4.69, 9.17) is 4.74 Å². The van der Waals surface area contributed by atoms with E-state index in [0.717, 1.165) is 31.4 Å². The van der Waals surface area contributed by atoms with Crippen LogP contribution in [0.2, 0.25) is 0 Å². The summed E-state index contributed by atoms with van der Waals surface area (Å²) >= 11 is 0. The topological polar surface area (TPSA) is 58.6 Å². The minimum Gasteiger partial charge on any atom is -0.497 e. The monoisotopic (exact) mass is 249 g/mol. The number of hydrogen-bond donors (Lipinski definition) is 2. The molecule has 0 saturated heterocycles. The van der Waals surface area contributed by atoms with Crippen LogP contribution in [0.4, 0.5) is 0 Å². The van der Waals surface area contributed by atoms with E-state index in [9.17, 15) is 9.90 Å². The highest BCUT2D eigenvalue weighted by atomic mass is 16.5. The Morgan fingerprint density at radius 2 is 1.94 bits per heavy atom. The van der Waals surface area contributed by atoms with Crippen LogP contribution in [0.15, 0.2) is 24.3 Å². The summed E-state index contributed by atoms with van der Waals surface area (Å²) in [5.74, 6) is 0.591. The molecule has 1 amide bonds. The molecule has 0 aromatic heterocycles. The average molecular weight is 249 g/mol. The number of hydrogen-bond acceptors (Lipinski definition) is 3. The quantitative estimate of drug-likeness (QED) is 0.857. The molecule has 4 heteroatoms. The molecule has 2 N–H and O–H groups in total. The van der Waals surface area contributed by atoms with Crippen LogP contribution < -0.4 is 10.1 Å². The zero-order valence-corrected chi connectivity index (χ0v) is 10.6. The maximum atomic E-state index is 12.0. The van der Waals surface area contributed by atoms with Crippen molar-refractivity contribution in [2.45, 2.75) is 37.8 Å². The molecule has 0 radical (unpaired) electrons. The Balaban J connectivity index is 1.97. The minimum atomic E-state index is -0.416. The Kier molecular flexibility index (Phi) is 4.20. The Morgan fingerprint density at radius 3 is 2.56 bits per heavy atom. The average Bonchev–Trinajstić information content (AvgIpc) is 2.41. The van der Waals surface area contributed by atoms with Crippen molar-refractivity contribution in [1.29, 1.82) is 0 Å². The number of aliphatic hydroxyl groups excluding tert-OH is 1. The lowest BCUT2D eigenvalue weighted by atomic mass is 9.92. The van der Waals surface area contributed by atoms with Crippen molar-refractivity contribution in [3.05, 3.63) is 29.8 Å². The Hall–Kier alpha value is -1.55. The van der Waals surface area contributed by atoms with Crippen LogP contribution in [0, 0.1) is 0 Å². The van der Waals surface area contributed by atoms with Crippen LogP contribution >= 0.6 is 0 Å². The van der Waals surface area contributed by atoms with Crippen LogP contribution in [-0.4, -0.2) is 30.3 Å². The van der Waals surface area contributed by atoms with E-state index in [0.29, 0.717) is 5.56 Å². The fourth-order valence-electron chi connectivity index (χ4n) is 2.27. The van der Waals surface area contributed by atoms with E-state index in [1.807, 2.05) is 0 Å². The summed E-state index contributed by atoms with van der Waals surface area (Å²) in [6, 6.07) is 6.85. The lowest BCUT2D eigenvalue weighted by Gasteiger charge is -2.28. The van der Waals surface area contributed by atoms with Crippen molar-refractivity contribution in [3.63, 3.8) is 0 Å². The molecule has 1 saturated carbocycles. The van der Waals surface area contributed by atoms with E-state index in [2.05, 4.69) is 5.32 Å². The van der Waals surface area contributed by atoms with E-state index in [-0.39, 0.29) is 11.9 Å². The second-order valence-corrected chi connectivity index (χ2v) is 4.66. The number of benzene rings is 1. The van der Waals surface area contributed by atoms with Crippen molar-refractivity contribution in [1.82, 2.24) is 5.32 Å². The van der Waals surface area contributed by atoms with Gasteiger partial charge in [0.25, 0.3) is 5.91 Å². The summed E-state index contributed by atoms with van der Waals surface area (Å²) in [5, 5.41) is 12.7. The van der Waals surface area contributed by atoms with Gasteiger partial charge in [0.2, 0.25) is 0 Å². The molecule has 18 heavy (non-hydrogen) atoms. The lowest BCUT2D eigenvalue weighted by Crippen LogP contribution is -2.45. The first-order chi connectivity index (χ1) is 8.70. The molecule has 1 aromatic carbocycles. The van der Waals surface area contributed by atoms with Gasteiger partial charge in [-0.1, -0.05) is 12.8 Å². The summed E-state index contributed by atoms with van der Waals surface area (Å²) in [4.78, 5) is 12.0. The smallest absolute Gasteiger partial charge is 0.251 e. The van der Waals surface area contributed by atoms with Crippen molar-refractivity contribution >= 4 is 5.91 Å². The molecule has 0 heterocycles. The van der Waals surface area contributed by atoms with Crippen molar-refractivity contribution in [2.24, 2.45) is 0 Å². The van der Waals surface area contributed by atoms with Gasteiger partial charge in [-0.15, -0.1) is 0 Å². The molecule has 1 aliphatic carbocycles. The Morgan fingerprint density at radius 1 is 1.28 bits per heavy atom. The normalized spacial score (nSPS) is 23.4. The molecular weight excluding hydrogens is 230 g/mol. The van der Waals surface area contributed by atoms with Gasteiger partial charge in [0.05, 0.1) is 19.3 Å². The summed E-state index contributed by atoms with van der Waals surface area (Å²) in [5.41, 5.74) is 0.591. The van der Waals surface area contributed by atoms with Crippen molar-refractivity contribution in [3.8, 4) is 5.75 Å². The zero-order valence-electron chi connectivity index (χ0n) is 10.6. The van der Waals surface area contributed by atoms with E-state index in [1.165, 1.54) is 0 Å². The fraction of sp³-hybridized carbons (Fsp3) is 0.500. The third kappa shape index (κ3) is 3.01. The molecular formula is C14H19NO3. The standard InChI is InChI=1S/C14H19NO3/c1-18-11-8-6-10(7-9-11)14(17)15-12-4-2-3-5-13(12)16/h6-9,12-13,16H,2-5H2,1H3,(H,15,17)/t12-,13+/m0/s1. The van der Waals surface area contributed by atoms with Gasteiger partial charge >= 0.3 is 0 Å². The maximum Gasteiger partial charge on any atom is 0.251 e. The number of carbonyl (C=O) groups excluding carboxylic acids is 1. The highest BCUT2D eigenvalue weighted by Gasteiger charge is 2.24. The van der Waals surface area contributed by atoms with E-state index < -0.39 is 6.10 Å². The lowest BCUT2D eigenvalue weighted by molar-refractivity contribution is 0.0717. The number of carbonyl (C=O) groups is 1. The van der Waals surface area contributed by atoms with Crippen molar-refractivity contribution in [2.75, 3.05) is 7.11 Å². The first-order valence-electron chi connectivity index (χ1n) is 6.33. The maximum absolute atomic E-state index is 12.0. The number of amides is 1. The Bertz CT molecular complexity index is 402. The first kappa shape index (κ1) is 12.9. The molecule has 4 nitrogen and oxygen atoms in total. The fourth-order valence-corrected chi connectivity index (χ4v) is 2.27. The molecule has 1 aromatic rings. The van der Waals surface area contributed by atoms with Gasteiger partial charge in [-0.2, -0.15) is 0 Å². The highest BCUT2D eigenvalue weighted by Crippen LogP contribution is 2.19. The number of methoxy groups -OCH3 is 1. The van der Waals surface area contributed by atoms with E-state index in [1.54, 1.807) is 31.4 Å². The van der Waals surface area contributed by atoms with Gasteiger partial charge in [-0.05, 0) is 37.1 Å². The number of rotatable bonds is 3. The third-order valence-corrected chi connectivity index (χ3v) is 3.40. The number of nitrogens with one attached hydrogen (secondary N) is 1. The summed E-state index contributed by atoms with van der Waals surface area (Å²) < 4.78 is 5.04. The molecule has 0 unspecified atom stereocenters. The third-order valence-electron chi connectivity index (χ3n) is 3.40. The zero-order chi connectivity index (χ0) is 13.0. The van der Waals surface area contributed by atoms with E-state index >= 15 is 0 Å². The van der Waals surface area contributed by atoms with Crippen LogP contribution in [0.1, 0.15) is 36.0 Å². The predicted octanol–water partition coefficient (Wildman–Crippen LogP) is 1.73. The predicted molar refractivity (Wildman–Crippen MR) is 68.7 cm³/mol. The highest BCUT2D eigenvalue weighted by molar-refractivity contribution is 5.94. The SMILES string of the molecule is COc1ccc(C(=O)N[C@H]2CCCC[C@H]2O)cc1. The van der Waals surface area contributed by atoms with Gasteiger partial charge in [0, 0.05) is 5.56 Å². The number of ether oxygens (including phenoxy) is 1. The van der Waals surface area contributed by atoms with Gasteiger partial charge in [-0.3, -0.25) is 4.79 Å². The summed E-state index contributed by atoms with van der Waals surface area (Å²) in [6.07, 6.45) is 3.30. The molecule has 2 atom stereocenters. The summed E-state index contributed by atoms with van der Waals surface area (Å²) in [6.45, 7) is 0.